The number of rotatable bonds is 4. The van der Waals surface area contributed by atoms with E-state index in [1.807, 2.05) is 18.2 Å². The summed E-state index contributed by atoms with van der Waals surface area (Å²) in [6.45, 7) is 5.62. The van der Waals surface area contributed by atoms with E-state index in [0.29, 0.717) is 10.1 Å². The quantitative estimate of drug-likeness (QED) is 0.651. The highest BCUT2D eigenvalue weighted by molar-refractivity contribution is 8.18. The summed E-state index contributed by atoms with van der Waals surface area (Å²) in [5.41, 5.74) is 4.32. The first kappa shape index (κ1) is 21.1. The van der Waals surface area contributed by atoms with Gasteiger partial charge in [0.25, 0.3) is 5.91 Å². The molecule has 0 aliphatic carbocycles. The molecule has 166 valence electrons. The molecule has 5 rings (SSSR count). The van der Waals surface area contributed by atoms with Gasteiger partial charge in [-0.2, -0.15) is 0 Å². The van der Waals surface area contributed by atoms with Gasteiger partial charge in [0.1, 0.15) is 0 Å². The van der Waals surface area contributed by atoms with E-state index in [0.717, 1.165) is 50.6 Å². The molecule has 32 heavy (non-hydrogen) atoms. The molecule has 0 N–H and O–H groups in total. The molecule has 3 aliphatic rings. The Morgan fingerprint density at radius 1 is 0.875 bits per heavy atom. The van der Waals surface area contributed by atoms with Crippen LogP contribution in [0.1, 0.15) is 18.4 Å². The van der Waals surface area contributed by atoms with E-state index in [2.05, 4.69) is 46.2 Å². The van der Waals surface area contributed by atoms with Crippen LogP contribution in [-0.4, -0.2) is 62.4 Å². The number of hydrogen-bond acceptors (Lipinski definition) is 6. The number of benzene rings is 2. The van der Waals surface area contributed by atoms with Crippen LogP contribution in [0.2, 0.25) is 0 Å². The summed E-state index contributed by atoms with van der Waals surface area (Å²) in [7, 11) is 1.79. The average Bonchev–Trinajstić information content (AvgIpc) is 3.46. The molecule has 0 bridgehead atoms. The lowest BCUT2D eigenvalue weighted by Crippen LogP contribution is -2.36. The zero-order chi connectivity index (χ0) is 21.9. The van der Waals surface area contributed by atoms with Crippen LogP contribution >= 0.6 is 11.8 Å². The Morgan fingerprint density at radius 3 is 2.12 bits per heavy atom. The van der Waals surface area contributed by atoms with Gasteiger partial charge in [0.2, 0.25) is 0 Å². The van der Waals surface area contributed by atoms with Gasteiger partial charge < -0.3 is 14.5 Å². The second kappa shape index (κ2) is 9.38. The predicted molar refractivity (Wildman–Crippen MR) is 133 cm³/mol. The van der Waals surface area contributed by atoms with Crippen LogP contribution in [0.15, 0.2) is 58.4 Å². The minimum atomic E-state index is -0.0118. The normalized spacial score (nSPS) is 21.9. The number of aliphatic imine (C=N–C) groups is 1. The molecule has 3 fully saturated rings. The lowest BCUT2D eigenvalue weighted by Gasteiger charge is -2.28. The van der Waals surface area contributed by atoms with Gasteiger partial charge in [0.05, 0.1) is 23.8 Å². The molecule has 0 spiro atoms. The van der Waals surface area contributed by atoms with Gasteiger partial charge in [0, 0.05) is 44.6 Å². The molecule has 1 amide bonds. The molecule has 7 heteroatoms. The van der Waals surface area contributed by atoms with E-state index in [9.17, 15) is 4.79 Å². The predicted octanol–water partition coefficient (Wildman–Crippen LogP) is 4.36. The number of likely N-dealkylation sites (N-methyl/N-ethyl adjacent to an activating group) is 1. The monoisotopic (exact) mass is 448 g/mol. The number of thioether (sulfide) groups is 1. The van der Waals surface area contributed by atoms with Gasteiger partial charge in [-0.05, 0) is 72.6 Å². The number of nitrogens with zero attached hydrogens (tertiary/aromatic N) is 4. The molecule has 0 saturated carbocycles. The van der Waals surface area contributed by atoms with Crippen LogP contribution in [-0.2, 0) is 9.53 Å². The SMILES string of the molecule is CN1C(=O)/C(=C/c2ccc(N3CCCC3)cc2)SC1=Nc1ccc(N2CCOCC2)cc1. The number of hydrogen-bond donors (Lipinski definition) is 0. The lowest BCUT2D eigenvalue weighted by molar-refractivity contribution is -0.121. The first-order chi connectivity index (χ1) is 15.7. The first-order valence-electron chi connectivity index (χ1n) is 11.2. The molecule has 0 unspecified atom stereocenters. The maximum absolute atomic E-state index is 12.8. The topological polar surface area (TPSA) is 48.4 Å². The van der Waals surface area contributed by atoms with Crippen molar-refractivity contribution in [1.82, 2.24) is 4.90 Å². The van der Waals surface area contributed by atoms with E-state index in [-0.39, 0.29) is 5.91 Å². The fraction of sp³-hybridized carbons (Fsp3) is 0.360. The van der Waals surface area contributed by atoms with Gasteiger partial charge in [-0.1, -0.05) is 12.1 Å². The van der Waals surface area contributed by atoms with Crippen LogP contribution in [0.5, 0.6) is 0 Å². The minimum Gasteiger partial charge on any atom is -0.378 e. The number of amides is 1. The highest BCUT2D eigenvalue weighted by atomic mass is 32.2. The standard InChI is InChI=1S/C25H28N4O2S/c1-27-24(30)23(18-19-4-8-21(9-5-19)28-12-2-3-13-28)32-25(27)26-20-6-10-22(11-7-20)29-14-16-31-17-15-29/h4-11,18H,2-3,12-17H2,1H3/b23-18-,26-25?. The highest BCUT2D eigenvalue weighted by Crippen LogP contribution is 2.34. The second-order valence-corrected chi connectivity index (χ2v) is 9.28. The Hall–Kier alpha value is -2.77. The van der Waals surface area contributed by atoms with Crippen LogP contribution in [0.25, 0.3) is 6.08 Å². The molecule has 3 aliphatic heterocycles. The van der Waals surface area contributed by atoms with Crippen LogP contribution in [0.4, 0.5) is 17.1 Å². The minimum absolute atomic E-state index is 0.0118. The number of carbonyl (C=O) groups is 1. The van der Waals surface area contributed by atoms with E-state index in [4.69, 9.17) is 9.73 Å². The van der Waals surface area contributed by atoms with E-state index in [1.165, 1.54) is 36.0 Å². The van der Waals surface area contributed by atoms with Crippen LogP contribution in [0.3, 0.4) is 0 Å². The Labute approximate surface area is 193 Å². The lowest BCUT2D eigenvalue weighted by atomic mass is 10.2. The van der Waals surface area contributed by atoms with Crippen molar-refractivity contribution in [3.63, 3.8) is 0 Å². The van der Waals surface area contributed by atoms with Gasteiger partial charge in [0.15, 0.2) is 5.17 Å². The van der Waals surface area contributed by atoms with Crippen molar-refractivity contribution in [3.05, 3.63) is 59.0 Å². The summed E-state index contributed by atoms with van der Waals surface area (Å²) in [4.78, 5) is 24.6. The summed E-state index contributed by atoms with van der Waals surface area (Å²) in [6, 6.07) is 16.7. The molecular formula is C25H28N4O2S. The summed E-state index contributed by atoms with van der Waals surface area (Å²) in [5.74, 6) is -0.0118. The summed E-state index contributed by atoms with van der Waals surface area (Å²) >= 11 is 1.43. The van der Waals surface area contributed by atoms with E-state index in [1.54, 1.807) is 11.9 Å². The molecule has 0 atom stereocenters. The molecule has 6 nitrogen and oxygen atoms in total. The van der Waals surface area contributed by atoms with Crippen molar-refractivity contribution < 1.29 is 9.53 Å². The van der Waals surface area contributed by atoms with Crippen molar-refractivity contribution in [2.75, 3.05) is 56.2 Å². The average molecular weight is 449 g/mol. The molecule has 2 aromatic carbocycles. The summed E-state index contributed by atoms with van der Waals surface area (Å²) in [5, 5.41) is 0.703. The van der Waals surface area contributed by atoms with Crippen LogP contribution < -0.4 is 9.80 Å². The molecule has 3 saturated heterocycles. The molecule has 0 aromatic heterocycles. The first-order valence-corrected chi connectivity index (χ1v) is 12.0. The summed E-state index contributed by atoms with van der Waals surface area (Å²) < 4.78 is 5.43. The Bertz CT molecular complexity index is 1020. The maximum atomic E-state index is 12.8. The number of anilines is 2. The molecule has 0 radical (unpaired) electrons. The third-order valence-electron chi connectivity index (χ3n) is 6.12. The number of ether oxygens (including phenoxy) is 1. The Morgan fingerprint density at radius 2 is 1.47 bits per heavy atom. The third-order valence-corrected chi connectivity index (χ3v) is 7.18. The van der Waals surface area contributed by atoms with Crippen molar-refractivity contribution in [2.24, 2.45) is 4.99 Å². The van der Waals surface area contributed by atoms with Gasteiger partial charge in [-0.15, -0.1) is 0 Å². The van der Waals surface area contributed by atoms with E-state index >= 15 is 0 Å². The van der Waals surface area contributed by atoms with Crippen molar-refractivity contribution >= 4 is 46.0 Å². The molecule has 2 aromatic rings. The Balaban J connectivity index is 1.29. The number of amidine groups is 1. The Kier molecular flexibility index (Phi) is 6.19. The van der Waals surface area contributed by atoms with Gasteiger partial charge in [-0.25, -0.2) is 4.99 Å². The summed E-state index contributed by atoms with van der Waals surface area (Å²) in [6.07, 6.45) is 4.49. The largest absolute Gasteiger partial charge is 0.378 e. The smallest absolute Gasteiger partial charge is 0.266 e. The van der Waals surface area contributed by atoms with Crippen molar-refractivity contribution in [3.8, 4) is 0 Å². The van der Waals surface area contributed by atoms with Crippen LogP contribution in [0, 0.1) is 0 Å². The fourth-order valence-corrected chi connectivity index (χ4v) is 5.22. The zero-order valence-corrected chi connectivity index (χ0v) is 19.2. The maximum Gasteiger partial charge on any atom is 0.266 e. The van der Waals surface area contributed by atoms with E-state index < -0.39 is 0 Å². The number of morpholine rings is 1. The fourth-order valence-electron chi connectivity index (χ4n) is 4.23. The van der Waals surface area contributed by atoms with Crippen molar-refractivity contribution in [1.29, 1.82) is 0 Å². The highest BCUT2D eigenvalue weighted by Gasteiger charge is 2.30. The van der Waals surface area contributed by atoms with Crippen molar-refractivity contribution in [2.45, 2.75) is 12.8 Å². The van der Waals surface area contributed by atoms with Gasteiger partial charge >= 0.3 is 0 Å². The molecule has 3 heterocycles. The second-order valence-electron chi connectivity index (χ2n) is 8.27. The zero-order valence-electron chi connectivity index (χ0n) is 18.4. The third kappa shape index (κ3) is 4.54. The molecular weight excluding hydrogens is 420 g/mol. The van der Waals surface area contributed by atoms with Gasteiger partial charge in [-0.3, -0.25) is 9.69 Å². The number of carbonyl (C=O) groups excluding carboxylic acids is 1.